The molecule has 0 saturated heterocycles. The van der Waals surface area contributed by atoms with E-state index < -0.39 is 41.3 Å². The third-order valence-electron chi connectivity index (χ3n) is 4.16. The number of benzene rings is 2. The quantitative estimate of drug-likeness (QED) is 0.653. The number of rotatable bonds is 6. The Morgan fingerprint density at radius 2 is 0.938 bits per heavy atom. The Hall–Kier alpha value is -3.35. The lowest BCUT2D eigenvalue weighted by Gasteiger charge is -2.27. The second kappa shape index (κ2) is 10.3. The molecule has 0 spiro atoms. The molecular weight excluding hydrogens is 408 g/mol. The number of hydrogen-bond acceptors (Lipinski definition) is 5. The smallest absolute Gasteiger partial charge is 0.408 e. The van der Waals surface area contributed by atoms with Crippen molar-refractivity contribution in [3.63, 3.8) is 0 Å². The zero-order chi connectivity index (χ0) is 23.9. The lowest BCUT2D eigenvalue weighted by molar-refractivity contribution is -0.123. The monoisotopic (exact) mass is 440 g/mol. The summed E-state index contributed by atoms with van der Waals surface area (Å²) in [4.78, 5) is 38.7. The zero-order valence-corrected chi connectivity index (χ0v) is 19.5. The highest BCUT2D eigenvalue weighted by Gasteiger charge is 2.34. The Labute approximate surface area is 189 Å². The summed E-state index contributed by atoms with van der Waals surface area (Å²) in [5.74, 6) is -0.431. The van der Waals surface area contributed by atoms with Crippen LogP contribution in [-0.2, 0) is 14.3 Å². The minimum Gasteiger partial charge on any atom is -0.444 e. The first-order valence-electron chi connectivity index (χ1n) is 10.5. The van der Waals surface area contributed by atoms with Gasteiger partial charge in [-0.25, -0.2) is 9.59 Å². The average molecular weight is 441 g/mol. The summed E-state index contributed by atoms with van der Waals surface area (Å²) in [5, 5.41) is 5.32. The Kier molecular flexibility index (Phi) is 8.02. The predicted octanol–water partition coefficient (Wildman–Crippen LogP) is 5.09. The molecule has 0 unspecified atom stereocenters. The fourth-order valence-electron chi connectivity index (χ4n) is 2.95. The van der Waals surface area contributed by atoms with Crippen LogP contribution in [0.5, 0.6) is 0 Å². The summed E-state index contributed by atoms with van der Waals surface area (Å²) >= 11 is 0. The van der Waals surface area contributed by atoms with Gasteiger partial charge in [0.05, 0.1) is 0 Å². The number of nitrogens with one attached hydrogen (secondary N) is 2. The number of amides is 2. The van der Waals surface area contributed by atoms with Gasteiger partial charge in [0, 0.05) is 0 Å². The number of carbonyl (C=O) groups excluding carboxylic acids is 3. The van der Waals surface area contributed by atoms with E-state index >= 15 is 0 Å². The molecule has 2 aromatic rings. The van der Waals surface area contributed by atoms with E-state index in [0.29, 0.717) is 11.1 Å². The van der Waals surface area contributed by atoms with Gasteiger partial charge < -0.3 is 20.1 Å². The van der Waals surface area contributed by atoms with Crippen molar-refractivity contribution in [2.75, 3.05) is 0 Å². The molecule has 0 aliphatic heterocycles. The summed E-state index contributed by atoms with van der Waals surface area (Å²) in [6.45, 7) is 10.4. The number of carbonyl (C=O) groups is 3. The molecule has 0 saturated carbocycles. The molecule has 7 heteroatoms. The Morgan fingerprint density at radius 3 is 1.22 bits per heavy atom. The second-order valence-electron chi connectivity index (χ2n) is 9.38. The molecule has 7 nitrogen and oxygen atoms in total. The summed E-state index contributed by atoms with van der Waals surface area (Å²) < 4.78 is 10.7. The van der Waals surface area contributed by atoms with E-state index in [1.165, 1.54) is 0 Å². The fraction of sp³-hybridized carbons (Fsp3) is 0.400. The average Bonchev–Trinajstić information content (AvgIpc) is 2.68. The standard InChI is InChI=1S/C25H32N2O5/c1-24(2,3)31-22(29)26-19(17-13-9-7-10-14-17)21(28)20(18-15-11-8-12-16-18)27-23(30)32-25(4,5)6/h7-16,19-20H,1-6H3,(H,26,29)(H,27,30)/t19-,20-/m1/s1. The first-order chi connectivity index (χ1) is 14.9. The molecule has 0 heterocycles. The summed E-state index contributed by atoms with van der Waals surface area (Å²) in [6.07, 6.45) is -1.47. The van der Waals surface area contributed by atoms with Gasteiger partial charge >= 0.3 is 12.2 Å². The first kappa shape index (κ1) is 24.9. The maximum absolute atomic E-state index is 13.7. The van der Waals surface area contributed by atoms with Crippen molar-refractivity contribution in [3.05, 3.63) is 71.8 Å². The van der Waals surface area contributed by atoms with E-state index in [4.69, 9.17) is 9.47 Å². The van der Waals surface area contributed by atoms with Crippen LogP contribution < -0.4 is 10.6 Å². The van der Waals surface area contributed by atoms with E-state index in [9.17, 15) is 14.4 Å². The molecule has 0 bridgehead atoms. The summed E-state index contributed by atoms with van der Waals surface area (Å²) in [6, 6.07) is 15.5. The third-order valence-corrected chi connectivity index (χ3v) is 4.16. The molecular formula is C25H32N2O5. The van der Waals surface area contributed by atoms with Crippen LogP contribution in [0.1, 0.15) is 64.8 Å². The molecule has 0 radical (unpaired) electrons. The van der Waals surface area contributed by atoms with Crippen LogP contribution in [-0.4, -0.2) is 29.2 Å². The number of hydrogen-bond donors (Lipinski definition) is 2. The summed E-state index contributed by atoms with van der Waals surface area (Å²) in [7, 11) is 0. The molecule has 2 atom stereocenters. The molecule has 2 aromatic carbocycles. The van der Waals surface area contributed by atoms with Crippen molar-refractivity contribution in [1.82, 2.24) is 10.6 Å². The fourth-order valence-corrected chi connectivity index (χ4v) is 2.95. The number of Topliss-reactive ketones (excluding diaryl/α,β-unsaturated/α-hetero) is 1. The van der Waals surface area contributed by atoms with Crippen molar-refractivity contribution in [2.24, 2.45) is 0 Å². The second-order valence-corrected chi connectivity index (χ2v) is 9.38. The van der Waals surface area contributed by atoms with Gasteiger partial charge in [0.15, 0.2) is 5.78 Å². The van der Waals surface area contributed by atoms with E-state index in [1.807, 2.05) is 12.1 Å². The molecule has 0 aliphatic carbocycles. The Morgan fingerprint density at radius 1 is 0.625 bits per heavy atom. The number of alkyl carbamates (subject to hydrolysis) is 2. The van der Waals surface area contributed by atoms with Crippen molar-refractivity contribution < 1.29 is 23.9 Å². The topological polar surface area (TPSA) is 93.7 Å². The highest BCUT2D eigenvalue weighted by atomic mass is 16.6. The van der Waals surface area contributed by atoms with E-state index in [2.05, 4.69) is 10.6 Å². The molecule has 2 N–H and O–H groups in total. The van der Waals surface area contributed by atoms with Crippen molar-refractivity contribution in [2.45, 2.75) is 64.8 Å². The minimum atomic E-state index is -1.05. The van der Waals surface area contributed by atoms with Crippen molar-refractivity contribution in [3.8, 4) is 0 Å². The lowest BCUT2D eigenvalue weighted by Crippen LogP contribution is -2.44. The predicted molar refractivity (Wildman–Crippen MR) is 122 cm³/mol. The Balaban J connectivity index is 2.40. The molecule has 2 amide bonds. The normalized spacial score (nSPS) is 13.4. The third kappa shape index (κ3) is 8.06. The first-order valence-corrected chi connectivity index (χ1v) is 10.5. The van der Waals surface area contributed by atoms with Crippen molar-refractivity contribution >= 4 is 18.0 Å². The van der Waals surface area contributed by atoms with Gasteiger partial charge in [0.25, 0.3) is 0 Å². The maximum Gasteiger partial charge on any atom is 0.408 e. The maximum atomic E-state index is 13.7. The van der Waals surface area contributed by atoms with Crippen LogP contribution >= 0.6 is 0 Å². The van der Waals surface area contributed by atoms with Crippen LogP contribution in [0.2, 0.25) is 0 Å². The molecule has 0 aromatic heterocycles. The number of ketones is 1. The zero-order valence-electron chi connectivity index (χ0n) is 19.5. The van der Waals surface area contributed by atoms with Crippen LogP contribution in [0.3, 0.4) is 0 Å². The lowest BCUT2D eigenvalue weighted by atomic mass is 9.93. The van der Waals surface area contributed by atoms with Gasteiger partial charge in [-0.15, -0.1) is 0 Å². The molecule has 2 rings (SSSR count). The Bertz CT molecular complexity index is 839. The number of ether oxygens (including phenoxy) is 2. The van der Waals surface area contributed by atoms with Gasteiger partial charge in [-0.3, -0.25) is 4.79 Å². The van der Waals surface area contributed by atoms with Crippen LogP contribution in [0.4, 0.5) is 9.59 Å². The highest BCUT2D eigenvalue weighted by molar-refractivity contribution is 5.95. The van der Waals surface area contributed by atoms with Gasteiger partial charge in [-0.2, -0.15) is 0 Å². The van der Waals surface area contributed by atoms with Crippen LogP contribution in [0, 0.1) is 0 Å². The minimum absolute atomic E-state index is 0.431. The van der Waals surface area contributed by atoms with E-state index in [-0.39, 0.29) is 0 Å². The largest absolute Gasteiger partial charge is 0.444 e. The van der Waals surface area contributed by atoms with Crippen LogP contribution in [0.15, 0.2) is 60.7 Å². The van der Waals surface area contributed by atoms with Crippen molar-refractivity contribution in [1.29, 1.82) is 0 Å². The molecule has 172 valence electrons. The molecule has 32 heavy (non-hydrogen) atoms. The van der Waals surface area contributed by atoms with Gasteiger partial charge in [-0.05, 0) is 52.7 Å². The SMILES string of the molecule is CC(C)(C)OC(=O)N[C@@H](C(=O)[C@H](NC(=O)OC(C)(C)C)c1ccccc1)c1ccccc1. The molecule has 0 fully saturated rings. The highest BCUT2D eigenvalue weighted by Crippen LogP contribution is 2.25. The van der Waals surface area contributed by atoms with E-state index in [1.54, 1.807) is 90.1 Å². The van der Waals surface area contributed by atoms with Gasteiger partial charge in [0.1, 0.15) is 23.3 Å². The van der Waals surface area contributed by atoms with Gasteiger partial charge in [-0.1, -0.05) is 60.7 Å². The van der Waals surface area contributed by atoms with Gasteiger partial charge in [0.2, 0.25) is 0 Å². The van der Waals surface area contributed by atoms with Crippen LogP contribution in [0.25, 0.3) is 0 Å². The summed E-state index contributed by atoms with van der Waals surface area (Å²) in [5.41, 5.74) is -0.338. The van der Waals surface area contributed by atoms with E-state index in [0.717, 1.165) is 0 Å². The molecule has 0 aliphatic rings.